The average Bonchev–Trinajstić information content (AvgIpc) is 2.88. The Bertz CT molecular complexity index is 889. The maximum atomic E-state index is 12.2. The predicted octanol–water partition coefficient (Wildman–Crippen LogP) is 4.40. The predicted molar refractivity (Wildman–Crippen MR) is 89.0 cm³/mol. The highest BCUT2D eigenvalue weighted by molar-refractivity contribution is 7.22. The summed E-state index contributed by atoms with van der Waals surface area (Å²) >= 11 is 7.24. The van der Waals surface area contributed by atoms with Crippen molar-refractivity contribution in [2.75, 3.05) is 5.32 Å². The number of rotatable bonds is 3. The van der Waals surface area contributed by atoms with Gasteiger partial charge in [0.05, 0.1) is 10.2 Å². The highest BCUT2D eigenvalue weighted by atomic mass is 35.5. The number of carbonyl (C=O) groups is 2. The highest BCUT2D eigenvalue weighted by Crippen LogP contribution is 2.27. The normalized spacial score (nSPS) is 10.6. The van der Waals surface area contributed by atoms with Crippen molar-refractivity contribution in [1.29, 1.82) is 0 Å². The van der Waals surface area contributed by atoms with Crippen LogP contribution < -0.4 is 5.32 Å². The van der Waals surface area contributed by atoms with Gasteiger partial charge in [-0.25, -0.2) is 4.98 Å². The zero-order valence-electron chi connectivity index (χ0n) is 11.6. The molecule has 3 aromatic rings. The Hall–Kier alpha value is -2.24. The molecule has 4 nitrogen and oxygen atoms in total. The van der Waals surface area contributed by atoms with E-state index in [9.17, 15) is 9.59 Å². The first kappa shape index (κ1) is 14.7. The number of nitrogens with zero attached hydrogens (tertiary/aromatic N) is 1. The molecule has 0 radical (unpaired) electrons. The molecule has 0 bridgehead atoms. The summed E-state index contributed by atoms with van der Waals surface area (Å²) in [6.45, 7) is 1.51. The number of Topliss-reactive ketones (excluding diaryl/α,β-unsaturated/α-hetero) is 1. The van der Waals surface area contributed by atoms with E-state index in [1.165, 1.54) is 18.3 Å². The van der Waals surface area contributed by atoms with E-state index in [2.05, 4.69) is 10.3 Å². The Kier molecular flexibility index (Phi) is 3.92. The van der Waals surface area contributed by atoms with Crippen molar-refractivity contribution in [3.8, 4) is 0 Å². The van der Waals surface area contributed by atoms with Crippen LogP contribution in [0.15, 0.2) is 42.5 Å². The molecule has 0 atom stereocenters. The zero-order valence-corrected chi connectivity index (χ0v) is 13.2. The van der Waals surface area contributed by atoms with Crippen LogP contribution in [0.1, 0.15) is 27.6 Å². The fraction of sp³-hybridized carbons (Fsp3) is 0.0625. The SMILES string of the molecule is CC(=O)c1ccc2sc(NC(=O)c3cccc(Cl)c3)nc2c1. The molecule has 3 rings (SSSR count). The summed E-state index contributed by atoms with van der Waals surface area (Å²) < 4.78 is 0.909. The molecule has 0 spiro atoms. The minimum Gasteiger partial charge on any atom is -0.298 e. The molecule has 6 heteroatoms. The summed E-state index contributed by atoms with van der Waals surface area (Å²) in [6, 6.07) is 12.0. The van der Waals surface area contributed by atoms with Gasteiger partial charge in [0.1, 0.15) is 0 Å². The molecule has 0 fully saturated rings. The lowest BCUT2D eigenvalue weighted by atomic mass is 10.1. The van der Waals surface area contributed by atoms with E-state index >= 15 is 0 Å². The van der Waals surface area contributed by atoms with Crippen LogP contribution in [0.2, 0.25) is 5.02 Å². The fourth-order valence-electron chi connectivity index (χ4n) is 2.00. The van der Waals surface area contributed by atoms with Crippen LogP contribution in [-0.2, 0) is 0 Å². The van der Waals surface area contributed by atoms with Crippen molar-refractivity contribution in [2.24, 2.45) is 0 Å². The van der Waals surface area contributed by atoms with Crippen molar-refractivity contribution in [3.63, 3.8) is 0 Å². The number of aromatic nitrogens is 1. The number of carbonyl (C=O) groups excluding carboxylic acids is 2. The second kappa shape index (κ2) is 5.87. The Morgan fingerprint density at radius 2 is 1.95 bits per heavy atom. The van der Waals surface area contributed by atoms with Crippen molar-refractivity contribution in [2.45, 2.75) is 6.92 Å². The first-order valence-electron chi connectivity index (χ1n) is 6.51. The highest BCUT2D eigenvalue weighted by Gasteiger charge is 2.11. The Morgan fingerprint density at radius 3 is 2.68 bits per heavy atom. The number of hydrogen-bond donors (Lipinski definition) is 1. The number of nitrogens with one attached hydrogen (secondary N) is 1. The minimum atomic E-state index is -0.270. The van der Waals surface area contributed by atoms with E-state index in [4.69, 9.17) is 11.6 Å². The Morgan fingerprint density at radius 1 is 1.14 bits per heavy atom. The van der Waals surface area contributed by atoms with E-state index in [1.54, 1.807) is 36.4 Å². The molecule has 1 N–H and O–H groups in total. The van der Waals surface area contributed by atoms with Gasteiger partial charge in [0.25, 0.3) is 5.91 Å². The molecule has 1 amide bonds. The van der Waals surface area contributed by atoms with E-state index in [0.717, 1.165) is 4.70 Å². The van der Waals surface area contributed by atoms with Crippen molar-refractivity contribution in [1.82, 2.24) is 4.98 Å². The molecule has 0 aliphatic rings. The standard InChI is InChI=1S/C16H11ClN2O2S/c1-9(20)10-5-6-14-13(8-10)18-16(22-14)19-15(21)11-3-2-4-12(17)7-11/h2-8H,1H3,(H,18,19,21). The molecule has 2 aromatic carbocycles. The summed E-state index contributed by atoms with van der Waals surface area (Å²) in [7, 11) is 0. The first-order chi connectivity index (χ1) is 10.5. The van der Waals surface area contributed by atoms with Crippen LogP contribution in [0.25, 0.3) is 10.2 Å². The van der Waals surface area contributed by atoms with Crippen molar-refractivity contribution >= 4 is 50.0 Å². The number of fused-ring (bicyclic) bond motifs is 1. The van der Waals surface area contributed by atoms with E-state index in [-0.39, 0.29) is 11.7 Å². The van der Waals surface area contributed by atoms with Gasteiger partial charge in [0, 0.05) is 16.1 Å². The van der Waals surface area contributed by atoms with Gasteiger partial charge in [-0.2, -0.15) is 0 Å². The molecule has 0 saturated heterocycles. The topological polar surface area (TPSA) is 59.1 Å². The maximum Gasteiger partial charge on any atom is 0.257 e. The summed E-state index contributed by atoms with van der Waals surface area (Å²) in [5.74, 6) is -0.284. The number of amides is 1. The Labute approximate surface area is 135 Å². The number of ketones is 1. The monoisotopic (exact) mass is 330 g/mol. The van der Waals surface area contributed by atoms with Gasteiger partial charge in [-0.3, -0.25) is 14.9 Å². The van der Waals surface area contributed by atoms with Crippen LogP contribution in [0.3, 0.4) is 0 Å². The third-order valence-electron chi connectivity index (χ3n) is 3.10. The van der Waals surface area contributed by atoms with Gasteiger partial charge in [-0.1, -0.05) is 29.0 Å². The molecule has 110 valence electrons. The van der Waals surface area contributed by atoms with Crippen LogP contribution in [0.5, 0.6) is 0 Å². The van der Waals surface area contributed by atoms with Crippen molar-refractivity contribution < 1.29 is 9.59 Å². The summed E-state index contributed by atoms with van der Waals surface area (Å²) in [5, 5.41) is 3.74. The molecule has 0 unspecified atom stereocenters. The van der Waals surface area contributed by atoms with E-state index in [0.29, 0.717) is 26.8 Å². The third kappa shape index (κ3) is 3.00. The zero-order chi connectivity index (χ0) is 15.7. The van der Waals surface area contributed by atoms with Gasteiger partial charge in [0.2, 0.25) is 0 Å². The molecule has 1 aromatic heterocycles. The van der Waals surface area contributed by atoms with Crippen LogP contribution in [0.4, 0.5) is 5.13 Å². The number of benzene rings is 2. The molecule has 1 heterocycles. The lowest BCUT2D eigenvalue weighted by Crippen LogP contribution is -2.11. The maximum absolute atomic E-state index is 12.2. The van der Waals surface area contributed by atoms with Crippen LogP contribution in [-0.4, -0.2) is 16.7 Å². The molecular weight excluding hydrogens is 320 g/mol. The van der Waals surface area contributed by atoms with Crippen molar-refractivity contribution in [3.05, 3.63) is 58.6 Å². The lowest BCUT2D eigenvalue weighted by Gasteiger charge is -2.01. The largest absolute Gasteiger partial charge is 0.298 e. The Balaban J connectivity index is 1.87. The number of halogens is 1. The summed E-state index contributed by atoms with van der Waals surface area (Å²) in [4.78, 5) is 27.9. The van der Waals surface area contributed by atoms with Gasteiger partial charge in [-0.05, 0) is 43.3 Å². The smallest absolute Gasteiger partial charge is 0.257 e. The fourth-order valence-corrected chi connectivity index (χ4v) is 3.03. The van der Waals surface area contributed by atoms with Crippen LogP contribution >= 0.6 is 22.9 Å². The molecule has 22 heavy (non-hydrogen) atoms. The second-order valence-corrected chi connectivity index (χ2v) is 6.19. The van der Waals surface area contributed by atoms with E-state index in [1.807, 2.05) is 6.07 Å². The lowest BCUT2D eigenvalue weighted by molar-refractivity contribution is 0.101. The van der Waals surface area contributed by atoms with Crippen LogP contribution in [0, 0.1) is 0 Å². The number of thiazole rings is 1. The number of hydrogen-bond acceptors (Lipinski definition) is 4. The molecule has 0 aliphatic heterocycles. The number of anilines is 1. The first-order valence-corrected chi connectivity index (χ1v) is 7.71. The summed E-state index contributed by atoms with van der Waals surface area (Å²) in [5.41, 5.74) is 1.76. The third-order valence-corrected chi connectivity index (χ3v) is 4.29. The molecular formula is C16H11ClN2O2S. The molecule has 0 saturated carbocycles. The van der Waals surface area contributed by atoms with Gasteiger partial charge in [0.15, 0.2) is 10.9 Å². The van der Waals surface area contributed by atoms with E-state index < -0.39 is 0 Å². The van der Waals surface area contributed by atoms with Gasteiger partial charge < -0.3 is 0 Å². The quantitative estimate of drug-likeness (QED) is 0.724. The average molecular weight is 331 g/mol. The molecule has 0 aliphatic carbocycles. The van der Waals surface area contributed by atoms with Gasteiger partial charge in [-0.15, -0.1) is 0 Å². The summed E-state index contributed by atoms with van der Waals surface area (Å²) in [6.07, 6.45) is 0. The minimum absolute atomic E-state index is 0.0144. The van der Waals surface area contributed by atoms with Gasteiger partial charge >= 0.3 is 0 Å². The second-order valence-electron chi connectivity index (χ2n) is 4.72.